The largest absolute Gasteiger partial charge is 0.496 e. The van der Waals surface area contributed by atoms with Gasteiger partial charge in [0.25, 0.3) is 9.05 Å². The Bertz CT molecular complexity index is 708. The van der Waals surface area contributed by atoms with Crippen LogP contribution in [0.2, 0.25) is 0 Å². The molecule has 19 heavy (non-hydrogen) atoms. The number of halogens is 1. The fourth-order valence-electron chi connectivity index (χ4n) is 1.96. The molecule has 0 saturated heterocycles. The SMILES string of the molecule is COc1ccccc1-c1ccc(S(=O)(=O)Cl)cc1C. The number of aryl methyl sites for hydroxylation is 1. The maximum absolute atomic E-state index is 11.3. The molecule has 5 heteroatoms. The monoisotopic (exact) mass is 296 g/mol. The molecule has 2 aromatic carbocycles. The zero-order valence-corrected chi connectivity index (χ0v) is 12.1. The van der Waals surface area contributed by atoms with E-state index in [0.29, 0.717) is 0 Å². The van der Waals surface area contributed by atoms with E-state index in [2.05, 4.69) is 0 Å². The molecule has 0 aliphatic carbocycles. The van der Waals surface area contributed by atoms with Crippen LogP contribution in [-0.4, -0.2) is 15.5 Å². The minimum absolute atomic E-state index is 0.102. The first kappa shape index (κ1) is 13.9. The molecular formula is C14H13ClO3S. The van der Waals surface area contributed by atoms with E-state index in [9.17, 15) is 8.42 Å². The Kier molecular flexibility index (Phi) is 3.83. The Morgan fingerprint density at radius 3 is 2.32 bits per heavy atom. The lowest BCUT2D eigenvalue weighted by atomic mass is 10.00. The van der Waals surface area contributed by atoms with Gasteiger partial charge in [0, 0.05) is 16.2 Å². The first-order valence-electron chi connectivity index (χ1n) is 5.62. The van der Waals surface area contributed by atoms with Crippen molar-refractivity contribution >= 4 is 19.7 Å². The molecule has 100 valence electrons. The minimum atomic E-state index is -3.70. The molecule has 2 rings (SSSR count). The molecular weight excluding hydrogens is 284 g/mol. The van der Waals surface area contributed by atoms with Gasteiger partial charge in [-0.3, -0.25) is 0 Å². The summed E-state index contributed by atoms with van der Waals surface area (Å²) in [6.07, 6.45) is 0. The molecule has 0 radical (unpaired) electrons. The highest BCUT2D eigenvalue weighted by atomic mass is 35.7. The lowest BCUT2D eigenvalue weighted by molar-refractivity contribution is 0.416. The summed E-state index contributed by atoms with van der Waals surface area (Å²) in [4.78, 5) is 0.102. The van der Waals surface area contributed by atoms with Crippen LogP contribution in [-0.2, 0) is 9.05 Å². The Labute approximate surface area is 117 Å². The van der Waals surface area contributed by atoms with Crippen LogP contribution in [0.15, 0.2) is 47.4 Å². The molecule has 0 fully saturated rings. The van der Waals surface area contributed by atoms with Crippen LogP contribution in [0.25, 0.3) is 11.1 Å². The normalized spacial score (nSPS) is 11.3. The molecule has 0 N–H and O–H groups in total. The van der Waals surface area contributed by atoms with Crippen molar-refractivity contribution in [2.24, 2.45) is 0 Å². The van der Waals surface area contributed by atoms with Gasteiger partial charge in [-0.05, 0) is 36.2 Å². The molecule has 0 aliphatic rings. The van der Waals surface area contributed by atoms with Crippen LogP contribution < -0.4 is 4.74 Å². The van der Waals surface area contributed by atoms with E-state index >= 15 is 0 Å². The topological polar surface area (TPSA) is 43.4 Å². The standard InChI is InChI=1S/C14H13ClO3S/c1-10-9-11(19(15,16)17)7-8-12(10)13-5-3-4-6-14(13)18-2/h3-9H,1-2H3. The maximum Gasteiger partial charge on any atom is 0.261 e. The molecule has 0 aliphatic heterocycles. The molecule has 0 atom stereocenters. The Morgan fingerprint density at radius 2 is 1.74 bits per heavy atom. The summed E-state index contributed by atoms with van der Waals surface area (Å²) in [7, 11) is 3.24. The fourth-order valence-corrected chi connectivity index (χ4v) is 2.79. The van der Waals surface area contributed by atoms with E-state index in [0.717, 1.165) is 22.4 Å². The molecule has 0 bridgehead atoms. The van der Waals surface area contributed by atoms with E-state index in [1.165, 1.54) is 6.07 Å². The Morgan fingerprint density at radius 1 is 1.05 bits per heavy atom. The van der Waals surface area contributed by atoms with Gasteiger partial charge in [-0.15, -0.1) is 0 Å². The Balaban J connectivity index is 2.59. The smallest absolute Gasteiger partial charge is 0.261 e. The first-order valence-corrected chi connectivity index (χ1v) is 7.93. The second kappa shape index (κ2) is 5.23. The lowest BCUT2D eigenvalue weighted by Gasteiger charge is -2.11. The van der Waals surface area contributed by atoms with Gasteiger partial charge < -0.3 is 4.74 Å². The van der Waals surface area contributed by atoms with Crippen LogP contribution in [0.5, 0.6) is 5.75 Å². The maximum atomic E-state index is 11.3. The molecule has 0 unspecified atom stereocenters. The van der Waals surface area contributed by atoms with Gasteiger partial charge in [0.15, 0.2) is 0 Å². The molecule has 2 aromatic rings. The van der Waals surface area contributed by atoms with Gasteiger partial charge in [-0.25, -0.2) is 8.42 Å². The van der Waals surface area contributed by atoms with Gasteiger partial charge in [0.2, 0.25) is 0 Å². The predicted molar refractivity (Wildman–Crippen MR) is 76.2 cm³/mol. The number of ether oxygens (including phenoxy) is 1. The van der Waals surface area contributed by atoms with Gasteiger partial charge in [-0.2, -0.15) is 0 Å². The van der Waals surface area contributed by atoms with Crippen LogP contribution in [0, 0.1) is 6.92 Å². The van der Waals surface area contributed by atoms with Crippen LogP contribution in [0.3, 0.4) is 0 Å². The number of rotatable bonds is 3. The molecule has 0 saturated carbocycles. The summed E-state index contributed by atoms with van der Waals surface area (Å²) in [5, 5.41) is 0. The number of hydrogen-bond donors (Lipinski definition) is 0. The number of methoxy groups -OCH3 is 1. The third-order valence-corrected chi connectivity index (χ3v) is 4.23. The van der Waals surface area contributed by atoms with Crippen LogP contribution in [0.4, 0.5) is 0 Å². The number of benzene rings is 2. The van der Waals surface area contributed by atoms with Crippen LogP contribution >= 0.6 is 10.7 Å². The molecule has 0 aromatic heterocycles. The second-order valence-corrected chi connectivity index (χ2v) is 6.68. The van der Waals surface area contributed by atoms with Gasteiger partial charge >= 0.3 is 0 Å². The van der Waals surface area contributed by atoms with Gasteiger partial charge in [-0.1, -0.05) is 24.3 Å². The van der Waals surface area contributed by atoms with Crippen molar-refractivity contribution in [1.82, 2.24) is 0 Å². The zero-order chi connectivity index (χ0) is 14.0. The summed E-state index contributed by atoms with van der Waals surface area (Å²) < 4.78 is 27.9. The number of para-hydroxylation sites is 1. The van der Waals surface area contributed by atoms with E-state index in [4.69, 9.17) is 15.4 Å². The van der Waals surface area contributed by atoms with Crippen molar-refractivity contribution in [1.29, 1.82) is 0 Å². The molecule has 0 spiro atoms. The van der Waals surface area contributed by atoms with Gasteiger partial charge in [0.05, 0.1) is 12.0 Å². The van der Waals surface area contributed by atoms with Crippen molar-refractivity contribution in [3.63, 3.8) is 0 Å². The summed E-state index contributed by atoms with van der Waals surface area (Å²) in [5.74, 6) is 0.743. The number of hydrogen-bond acceptors (Lipinski definition) is 3. The average molecular weight is 297 g/mol. The van der Waals surface area contributed by atoms with E-state index < -0.39 is 9.05 Å². The second-order valence-electron chi connectivity index (χ2n) is 4.11. The summed E-state index contributed by atoms with van der Waals surface area (Å²) in [6.45, 7) is 1.84. The Hall–Kier alpha value is -1.52. The van der Waals surface area contributed by atoms with Crippen molar-refractivity contribution in [2.75, 3.05) is 7.11 Å². The summed E-state index contributed by atoms with van der Waals surface area (Å²) in [5.41, 5.74) is 2.66. The molecule has 3 nitrogen and oxygen atoms in total. The fraction of sp³-hybridized carbons (Fsp3) is 0.143. The molecule has 0 heterocycles. The van der Waals surface area contributed by atoms with E-state index in [1.54, 1.807) is 19.2 Å². The highest BCUT2D eigenvalue weighted by Gasteiger charge is 2.13. The van der Waals surface area contributed by atoms with Gasteiger partial charge in [0.1, 0.15) is 5.75 Å². The minimum Gasteiger partial charge on any atom is -0.496 e. The van der Waals surface area contributed by atoms with Crippen molar-refractivity contribution in [3.8, 4) is 16.9 Å². The summed E-state index contributed by atoms with van der Waals surface area (Å²) >= 11 is 0. The van der Waals surface area contributed by atoms with E-state index in [1.807, 2.05) is 31.2 Å². The van der Waals surface area contributed by atoms with Crippen LogP contribution in [0.1, 0.15) is 5.56 Å². The van der Waals surface area contributed by atoms with Crippen molar-refractivity contribution in [3.05, 3.63) is 48.0 Å². The highest BCUT2D eigenvalue weighted by Crippen LogP contribution is 2.33. The third kappa shape index (κ3) is 2.91. The quantitative estimate of drug-likeness (QED) is 0.813. The lowest BCUT2D eigenvalue weighted by Crippen LogP contribution is -1.94. The highest BCUT2D eigenvalue weighted by molar-refractivity contribution is 8.13. The summed E-state index contributed by atoms with van der Waals surface area (Å²) in [6, 6.07) is 12.4. The first-order chi connectivity index (χ1) is 8.93. The average Bonchev–Trinajstić information content (AvgIpc) is 2.37. The molecule has 0 amide bonds. The van der Waals surface area contributed by atoms with Crippen molar-refractivity contribution in [2.45, 2.75) is 11.8 Å². The third-order valence-electron chi connectivity index (χ3n) is 2.88. The van der Waals surface area contributed by atoms with Crippen molar-refractivity contribution < 1.29 is 13.2 Å². The predicted octanol–water partition coefficient (Wildman–Crippen LogP) is 3.60. The van der Waals surface area contributed by atoms with E-state index in [-0.39, 0.29) is 4.90 Å². The zero-order valence-electron chi connectivity index (χ0n) is 10.6.